The fourth-order valence-corrected chi connectivity index (χ4v) is 4.78. The van der Waals surface area contributed by atoms with Gasteiger partial charge in [0.05, 0.1) is 6.54 Å². The third-order valence-electron chi connectivity index (χ3n) is 6.75. The normalized spacial score (nSPS) is 22.6. The van der Waals surface area contributed by atoms with Crippen LogP contribution in [0.4, 0.5) is 0 Å². The number of nitrogens with one attached hydrogen (secondary N) is 1. The Morgan fingerprint density at radius 1 is 1.26 bits per heavy atom. The van der Waals surface area contributed by atoms with Gasteiger partial charge < -0.3 is 14.8 Å². The van der Waals surface area contributed by atoms with Gasteiger partial charge in [-0.25, -0.2) is 0 Å². The lowest BCUT2D eigenvalue weighted by Crippen LogP contribution is -2.48. The lowest BCUT2D eigenvalue weighted by molar-refractivity contribution is -0.123. The molecule has 2 aliphatic rings. The largest absolute Gasteiger partial charge is 0.454 e. The second kappa shape index (κ2) is 10.2. The molecule has 1 N–H and O–H groups in total. The first-order valence-electron chi connectivity index (χ1n) is 11.5. The Balaban J connectivity index is 1.37. The van der Waals surface area contributed by atoms with Crippen molar-refractivity contribution in [2.24, 2.45) is 11.8 Å². The summed E-state index contributed by atoms with van der Waals surface area (Å²) in [6, 6.07) is 8.43. The Kier molecular flexibility index (Phi) is 7.12. The van der Waals surface area contributed by atoms with E-state index in [0.717, 1.165) is 43.0 Å². The summed E-state index contributed by atoms with van der Waals surface area (Å²) < 4.78 is 12.9. The van der Waals surface area contributed by atoms with Crippen LogP contribution in [0, 0.1) is 11.8 Å². The highest BCUT2D eigenvalue weighted by Crippen LogP contribution is 2.35. The fourth-order valence-electron chi connectivity index (χ4n) is 4.78. The van der Waals surface area contributed by atoms with Crippen LogP contribution in [0.25, 0.3) is 0 Å². The van der Waals surface area contributed by atoms with Crippen LogP contribution in [0.3, 0.4) is 0 Å². The van der Waals surface area contributed by atoms with E-state index in [-0.39, 0.29) is 12.7 Å². The summed E-state index contributed by atoms with van der Waals surface area (Å²) in [5.41, 5.74) is 1.15. The van der Waals surface area contributed by atoms with Crippen molar-refractivity contribution < 1.29 is 14.3 Å². The molecule has 1 saturated carbocycles. The third kappa shape index (κ3) is 5.58. The van der Waals surface area contributed by atoms with Crippen LogP contribution in [0.15, 0.2) is 36.7 Å². The van der Waals surface area contributed by atoms with Crippen molar-refractivity contribution >= 4 is 5.91 Å². The highest BCUT2D eigenvalue weighted by Gasteiger charge is 2.32. The zero-order valence-electron chi connectivity index (χ0n) is 18.6. The van der Waals surface area contributed by atoms with Gasteiger partial charge in [0.15, 0.2) is 11.5 Å². The summed E-state index contributed by atoms with van der Waals surface area (Å²) >= 11 is 0. The van der Waals surface area contributed by atoms with Gasteiger partial charge in [0.1, 0.15) is 0 Å². The summed E-state index contributed by atoms with van der Waals surface area (Å²) in [5.74, 6) is 2.92. The van der Waals surface area contributed by atoms with Crippen LogP contribution >= 0.6 is 0 Å². The van der Waals surface area contributed by atoms with E-state index in [4.69, 9.17) is 9.47 Å². The Bertz CT molecular complexity index is 855. The number of fused-ring (bicyclic) bond motifs is 1. The van der Waals surface area contributed by atoms with Gasteiger partial charge in [0, 0.05) is 38.1 Å². The molecule has 1 amide bonds. The SMILES string of the molecule is CC1CCCC(N(CC(=O)NCCCn2cccn2)Cc2ccc3c(c2)OCO3)C1C. The van der Waals surface area contributed by atoms with Crippen molar-refractivity contribution in [1.29, 1.82) is 0 Å². The maximum Gasteiger partial charge on any atom is 0.234 e. The van der Waals surface area contributed by atoms with Crippen LogP contribution in [0.2, 0.25) is 0 Å². The number of hydrogen-bond acceptors (Lipinski definition) is 5. The number of benzene rings is 1. The van der Waals surface area contributed by atoms with Crippen molar-refractivity contribution in [3.63, 3.8) is 0 Å². The first-order chi connectivity index (χ1) is 15.1. The molecule has 2 heterocycles. The number of amides is 1. The van der Waals surface area contributed by atoms with Crippen molar-refractivity contribution in [2.45, 2.75) is 58.7 Å². The van der Waals surface area contributed by atoms with Gasteiger partial charge >= 0.3 is 0 Å². The number of carbonyl (C=O) groups is 1. The Morgan fingerprint density at radius 3 is 2.97 bits per heavy atom. The van der Waals surface area contributed by atoms with Gasteiger partial charge in [-0.3, -0.25) is 14.4 Å². The molecule has 4 rings (SSSR count). The molecule has 0 radical (unpaired) electrons. The zero-order valence-corrected chi connectivity index (χ0v) is 18.6. The minimum atomic E-state index is 0.0895. The molecular formula is C24H34N4O3. The summed E-state index contributed by atoms with van der Waals surface area (Å²) in [7, 11) is 0. The van der Waals surface area contributed by atoms with E-state index in [9.17, 15) is 4.79 Å². The average Bonchev–Trinajstić information content (AvgIpc) is 3.44. The highest BCUT2D eigenvalue weighted by atomic mass is 16.7. The molecule has 2 aromatic rings. The van der Waals surface area contributed by atoms with E-state index in [0.29, 0.717) is 31.0 Å². The van der Waals surface area contributed by atoms with E-state index in [1.807, 2.05) is 29.1 Å². The van der Waals surface area contributed by atoms with E-state index >= 15 is 0 Å². The molecule has 1 aromatic heterocycles. The highest BCUT2D eigenvalue weighted by molar-refractivity contribution is 5.78. The van der Waals surface area contributed by atoms with Gasteiger partial charge in [0.2, 0.25) is 12.7 Å². The molecule has 0 saturated heterocycles. The molecule has 1 aliphatic heterocycles. The smallest absolute Gasteiger partial charge is 0.234 e. The maximum absolute atomic E-state index is 12.8. The molecule has 7 nitrogen and oxygen atoms in total. The minimum absolute atomic E-state index is 0.0895. The molecule has 3 unspecified atom stereocenters. The number of aromatic nitrogens is 2. The second-order valence-corrected chi connectivity index (χ2v) is 8.90. The summed E-state index contributed by atoms with van der Waals surface area (Å²) in [5, 5.41) is 7.31. The molecule has 0 spiro atoms. The first-order valence-corrected chi connectivity index (χ1v) is 11.5. The van der Waals surface area contributed by atoms with Crippen molar-refractivity contribution in [1.82, 2.24) is 20.0 Å². The number of aryl methyl sites for hydroxylation is 1. The van der Waals surface area contributed by atoms with Crippen LogP contribution in [-0.4, -0.2) is 46.5 Å². The van der Waals surface area contributed by atoms with Crippen LogP contribution in [0.1, 0.15) is 45.1 Å². The van der Waals surface area contributed by atoms with Crippen LogP contribution in [-0.2, 0) is 17.9 Å². The first kappa shape index (κ1) is 21.7. The molecule has 1 fully saturated rings. The zero-order chi connectivity index (χ0) is 21.6. The van der Waals surface area contributed by atoms with Crippen molar-refractivity contribution in [3.8, 4) is 11.5 Å². The predicted molar refractivity (Wildman–Crippen MR) is 119 cm³/mol. The summed E-state index contributed by atoms with van der Waals surface area (Å²) in [4.78, 5) is 15.2. The molecule has 3 atom stereocenters. The fraction of sp³-hybridized carbons (Fsp3) is 0.583. The van der Waals surface area contributed by atoms with E-state index < -0.39 is 0 Å². The lowest BCUT2D eigenvalue weighted by Gasteiger charge is -2.41. The van der Waals surface area contributed by atoms with Crippen LogP contribution < -0.4 is 14.8 Å². The summed E-state index contributed by atoms with van der Waals surface area (Å²) in [6.07, 6.45) is 8.23. The monoisotopic (exact) mass is 426 g/mol. The quantitative estimate of drug-likeness (QED) is 0.622. The standard InChI is InChI=1S/C24H34N4O3/c1-18-6-3-7-21(19(18)2)27(15-20-8-9-22-23(14-20)31-17-30-22)16-24(29)25-10-4-12-28-13-5-11-26-28/h5,8-9,11,13-14,18-19,21H,3-4,6-7,10,12,15-17H2,1-2H3,(H,25,29). The Labute approximate surface area is 184 Å². The molecular weight excluding hydrogens is 392 g/mol. The maximum atomic E-state index is 12.8. The van der Waals surface area contributed by atoms with Gasteiger partial charge in [0.25, 0.3) is 0 Å². The van der Waals surface area contributed by atoms with Gasteiger partial charge in [-0.15, -0.1) is 0 Å². The molecule has 1 aliphatic carbocycles. The Morgan fingerprint density at radius 2 is 2.13 bits per heavy atom. The van der Waals surface area contributed by atoms with E-state index in [2.05, 4.69) is 35.2 Å². The number of rotatable bonds is 9. The molecule has 0 bridgehead atoms. The Hall–Kier alpha value is -2.54. The van der Waals surface area contributed by atoms with E-state index in [1.165, 1.54) is 12.8 Å². The number of nitrogens with zero attached hydrogens (tertiary/aromatic N) is 3. The number of ether oxygens (including phenoxy) is 2. The summed E-state index contributed by atoms with van der Waals surface area (Å²) in [6.45, 7) is 7.57. The number of hydrogen-bond donors (Lipinski definition) is 1. The topological polar surface area (TPSA) is 68.6 Å². The molecule has 31 heavy (non-hydrogen) atoms. The van der Waals surface area contributed by atoms with Gasteiger partial charge in [-0.1, -0.05) is 32.8 Å². The molecule has 168 valence electrons. The van der Waals surface area contributed by atoms with Gasteiger partial charge in [-0.2, -0.15) is 5.10 Å². The predicted octanol–water partition coefficient (Wildman–Crippen LogP) is 3.45. The molecule has 7 heteroatoms. The number of carbonyl (C=O) groups excluding carboxylic acids is 1. The lowest BCUT2D eigenvalue weighted by atomic mass is 9.77. The second-order valence-electron chi connectivity index (χ2n) is 8.90. The van der Waals surface area contributed by atoms with E-state index in [1.54, 1.807) is 6.20 Å². The van der Waals surface area contributed by atoms with Gasteiger partial charge in [-0.05, 0) is 48.4 Å². The average molecular weight is 427 g/mol. The van der Waals surface area contributed by atoms with Crippen molar-refractivity contribution in [3.05, 3.63) is 42.2 Å². The molecule has 1 aromatic carbocycles. The van der Waals surface area contributed by atoms with Crippen LogP contribution in [0.5, 0.6) is 11.5 Å². The third-order valence-corrected chi connectivity index (χ3v) is 6.75. The minimum Gasteiger partial charge on any atom is -0.454 e. The van der Waals surface area contributed by atoms with Crippen molar-refractivity contribution in [2.75, 3.05) is 19.9 Å².